The first-order valence-electron chi connectivity index (χ1n) is 7.33. The molecule has 1 aromatic rings. The van der Waals surface area contributed by atoms with E-state index in [0.717, 1.165) is 44.1 Å². The minimum Gasteiger partial charge on any atom is -0.333 e. The van der Waals surface area contributed by atoms with Crippen LogP contribution in [0.2, 0.25) is 0 Å². The fourth-order valence-electron chi connectivity index (χ4n) is 2.37. The molecule has 0 bridgehead atoms. The van der Waals surface area contributed by atoms with Crippen LogP contribution < -0.4 is 0 Å². The van der Waals surface area contributed by atoms with Gasteiger partial charge in [-0.3, -0.25) is 4.79 Å². The molecule has 1 saturated heterocycles. The quantitative estimate of drug-likeness (QED) is 0.722. The summed E-state index contributed by atoms with van der Waals surface area (Å²) in [7, 11) is 2.15. The summed E-state index contributed by atoms with van der Waals surface area (Å²) in [5.74, 6) is 2.27. The van der Waals surface area contributed by atoms with Gasteiger partial charge in [0, 0.05) is 31.8 Å². The largest absolute Gasteiger partial charge is 0.333 e. The highest BCUT2D eigenvalue weighted by molar-refractivity contribution is 7.99. The van der Waals surface area contributed by atoms with Gasteiger partial charge in [-0.2, -0.15) is 0 Å². The third kappa shape index (κ3) is 5.17. The molecule has 1 aromatic carbocycles. The molecule has 1 amide bonds. The molecule has 3 nitrogen and oxygen atoms in total. The van der Waals surface area contributed by atoms with Gasteiger partial charge in [0.2, 0.25) is 5.91 Å². The first kappa shape index (κ1) is 15.4. The number of benzene rings is 1. The molecule has 2 rings (SSSR count). The molecule has 0 saturated carbocycles. The van der Waals surface area contributed by atoms with Crippen molar-refractivity contribution in [3.8, 4) is 0 Å². The number of thioether (sulfide) groups is 1. The van der Waals surface area contributed by atoms with Crippen molar-refractivity contribution in [1.29, 1.82) is 0 Å². The Labute approximate surface area is 126 Å². The standard InChI is InChI=1S/C16H24N2OS/c1-17(13-15-7-3-2-4-8-15)11-12-20-14-18-10-6-5-9-16(18)19/h2-4,7-8H,5-6,9-14H2,1H3. The van der Waals surface area contributed by atoms with Crippen LogP contribution in [0.4, 0.5) is 0 Å². The van der Waals surface area contributed by atoms with Crippen LogP contribution in [0.3, 0.4) is 0 Å². The molecule has 1 aliphatic heterocycles. The van der Waals surface area contributed by atoms with E-state index in [9.17, 15) is 4.79 Å². The Kier molecular flexibility index (Phi) is 6.40. The van der Waals surface area contributed by atoms with Gasteiger partial charge in [0.1, 0.15) is 0 Å². The lowest BCUT2D eigenvalue weighted by molar-refractivity contribution is -0.132. The van der Waals surface area contributed by atoms with Gasteiger partial charge < -0.3 is 9.80 Å². The van der Waals surface area contributed by atoms with E-state index in [4.69, 9.17) is 0 Å². The summed E-state index contributed by atoms with van der Waals surface area (Å²) in [6, 6.07) is 10.5. The van der Waals surface area contributed by atoms with Crippen molar-refractivity contribution in [1.82, 2.24) is 9.80 Å². The highest BCUT2D eigenvalue weighted by Gasteiger charge is 2.17. The number of hydrogen-bond acceptors (Lipinski definition) is 3. The maximum atomic E-state index is 11.7. The molecule has 0 aromatic heterocycles. The third-order valence-corrected chi connectivity index (χ3v) is 4.55. The van der Waals surface area contributed by atoms with Crippen LogP contribution in [0.1, 0.15) is 24.8 Å². The molecule has 1 fully saturated rings. The molecule has 0 radical (unpaired) electrons. The Morgan fingerprint density at radius 1 is 1.25 bits per heavy atom. The van der Waals surface area contributed by atoms with Crippen molar-refractivity contribution in [2.45, 2.75) is 25.8 Å². The summed E-state index contributed by atoms with van der Waals surface area (Å²) < 4.78 is 0. The lowest BCUT2D eigenvalue weighted by atomic mass is 10.1. The maximum absolute atomic E-state index is 11.7. The lowest BCUT2D eigenvalue weighted by Crippen LogP contribution is -2.35. The Bertz CT molecular complexity index is 410. The summed E-state index contributed by atoms with van der Waals surface area (Å²) >= 11 is 1.87. The van der Waals surface area contributed by atoms with Crippen LogP contribution in [0.5, 0.6) is 0 Å². The van der Waals surface area contributed by atoms with E-state index in [0.29, 0.717) is 5.91 Å². The van der Waals surface area contributed by atoms with E-state index in [-0.39, 0.29) is 0 Å². The zero-order valence-electron chi connectivity index (χ0n) is 12.3. The average Bonchev–Trinajstić information content (AvgIpc) is 2.46. The van der Waals surface area contributed by atoms with Crippen molar-refractivity contribution < 1.29 is 4.79 Å². The van der Waals surface area contributed by atoms with Crippen molar-refractivity contribution >= 4 is 17.7 Å². The van der Waals surface area contributed by atoms with Crippen LogP contribution >= 0.6 is 11.8 Å². The monoisotopic (exact) mass is 292 g/mol. The van der Waals surface area contributed by atoms with Crippen molar-refractivity contribution in [3.63, 3.8) is 0 Å². The zero-order chi connectivity index (χ0) is 14.2. The number of carbonyl (C=O) groups excluding carboxylic acids is 1. The first-order chi connectivity index (χ1) is 9.75. The molecule has 1 aliphatic rings. The molecule has 20 heavy (non-hydrogen) atoms. The van der Waals surface area contributed by atoms with Crippen LogP contribution in [-0.4, -0.2) is 47.5 Å². The Hall–Kier alpha value is -1.00. The predicted molar refractivity (Wildman–Crippen MR) is 85.7 cm³/mol. The molecule has 0 spiro atoms. The zero-order valence-corrected chi connectivity index (χ0v) is 13.1. The molecule has 1 heterocycles. The second-order valence-electron chi connectivity index (χ2n) is 5.38. The van der Waals surface area contributed by atoms with E-state index in [1.165, 1.54) is 12.0 Å². The minimum atomic E-state index is 0.335. The molecular formula is C16H24N2OS. The van der Waals surface area contributed by atoms with E-state index >= 15 is 0 Å². The van der Waals surface area contributed by atoms with Gasteiger partial charge in [0.05, 0.1) is 5.88 Å². The minimum absolute atomic E-state index is 0.335. The van der Waals surface area contributed by atoms with Gasteiger partial charge in [-0.15, -0.1) is 11.8 Å². The second-order valence-corrected chi connectivity index (χ2v) is 6.45. The van der Waals surface area contributed by atoms with Crippen LogP contribution in [0.15, 0.2) is 30.3 Å². The second kappa shape index (κ2) is 8.32. The normalized spacial score (nSPS) is 15.9. The summed E-state index contributed by atoms with van der Waals surface area (Å²) in [5.41, 5.74) is 1.35. The summed E-state index contributed by atoms with van der Waals surface area (Å²) in [4.78, 5) is 16.0. The molecular weight excluding hydrogens is 268 g/mol. The fraction of sp³-hybridized carbons (Fsp3) is 0.562. The van der Waals surface area contributed by atoms with Gasteiger partial charge in [-0.05, 0) is 25.5 Å². The third-order valence-electron chi connectivity index (χ3n) is 3.58. The molecule has 0 unspecified atom stereocenters. The first-order valence-corrected chi connectivity index (χ1v) is 8.49. The lowest BCUT2D eigenvalue weighted by Gasteiger charge is -2.26. The number of amides is 1. The van der Waals surface area contributed by atoms with Crippen molar-refractivity contribution in [2.24, 2.45) is 0 Å². The van der Waals surface area contributed by atoms with E-state index in [1.54, 1.807) is 0 Å². The number of hydrogen-bond donors (Lipinski definition) is 0. The molecule has 110 valence electrons. The topological polar surface area (TPSA) is 23.6 Å². The fourth-order valence-corrected chi connectivity index (χ4v) is 3.43. The van der Waals surface area contributed by atoms with E-state index < -0.39 is 0 Å². The van der Waals surface area contributed by atoms with Crippen molar-refractivity contribution in [3.05, 3.63) is 35.9 Å². The highest BCUT2D eigenvalue weighted by atomic mass is 32.2. The predicted octanol–water partition coefficient (Wildman–Crippen LogP) is 2.82. The van der Waals surface area contributed by atoms with E-state index in [1.807, 2.05) is 16.7 Å². The smallest absolute Gasteiger partial charge is 0.223 e. The van der Waals surface area contributed by atoms with Gasteiger partial charge in [-0.1, -0.05) is 30.3 Å². The van der Waals surface area contributed by atoms with E-state index in [2.05, 4.69) is 42.3 Å². The van der Waals surface area contributed by atoms with Crippen LogP contribution in [0, 0.1) is 0 Å². The number of carbonyl (C=O) groups is 1. The number of likely N-dealkylation sites (tertiary alicyclic amines) is 1. The van der Waals surface area contributed by atoms with Crippen molar-refractivity contribution in [2.75, 3.05) is 31.8 Å². The van der Waals surface area contributed by atoms with Gasteiger partial charge in [0.25, 0.3) is 0 Å². The SMILES string of the molecule is CN(CCSCN1CCCCC1=O)Cc1ccccc1. The highest BCUT2D eigenvalue weighted by Crippen LogP contribution is 2.14. The number of piperidine rings is 1. The number of rotatable bonds is 7. The van der Waals surface area contributed by atoms with Crippen LogP contribution in [0.25, 0.3) is 0 Å². The maximum Gasteiger partial charge on any atom is 0.223 e. The summed E-state index contributed by atoms with van der Waals surface area (Å²) in [5, 5.41) is 0. The van der Waals surface area contributed by atoms with Crippen LogP contribution in [-0.2, 0) is 11.3 Å². The molecule has 0 N–H and O–H groups in total. The molecule has 0 atom stereocenters. The van der Waals surface area contributed by atoms with Gasteiger partial charge >= 0.3 is 0 Å². The summed E-state index contributed by atoms with van der Waals surface area (Å²) in [6.07, 6.45) is 2.98. The average molecular weight is 292 g/mol. The Morgan fingerprint density at radius 2 is 2.05 bits per heavy atom. The van der Waals surface area contributed by atoms with Gasteiger partial charge in [-0.25, -0.2) is 0 Å². The molecule has 0 aliphatic carbocycles. The Morgan fingerprint density at radius 3 is 2.80 bits per heavy atom. The molecule has 4 heteroatoms. The number of nitrogens with zero attached hydrogens (tertiary/aromatic N) is 2. The van der Waals surface area contributed by atoms with Gasteiger partial charge in [0.15, 0.2) is 0 Å². The summed E-state index contributed by atoms with van der Waals surface area (Å²) in [6.45, 7) is 3.00. The Balaban J connectivity index is 1.59.